The molecule has 0 saturated heterocycles. The van der Waals surface area contributed by atoms with E-state index in [1.54, 1.807) is 12.3 Å². The molecule has 130 valence electrons. The van der Waals surface area contributed by atoms with Crippen LogP contribution in [0.25, 0.3) is 0 Å². The lowest BCUT2D eigenvalue weighted by atomic mass is 10.3. The number of amides is 1. The third kappa shape index (κ3) is 7.24. The van der Waals surface area contributed by atoms with Crippen LogP contribution in [0.1, 0.15) is 40.2 Å². The fraction of sp³-hybridized carbons (Fsp3) is 0.647. The molecule has 1 aromatic rings. The van der Waals surface area contributed by atoms with Crippen LogP contribution in [0.5, 0.6) is 0 Å². The molecule has 6 heteroatoms. The molecular weight excluding hydrogens is 308 g/mol. The molecule has 0 aliphatic carbocycles. The Morgan fingerprint density at radius 1 is 1.35 bits per heavy atom. The Morgan fingerprint density at radius 3 is 2.48 bits per heavy atom. The number of nitrogens with one attached hydrogen (secondary N) is 1. The Bertz CT molecular complexity index is 498. The minimum absolute atomic E-state index is 0.0537. The summed E-state index contributed by atoms with van der Waals surface area (Å²) in [5, 5.41) is 2.90. The summed E-state index contributed by atoms with van der Waals surface area (Å²) in [5.74, 6) is 0.328. The highest BCUT2D eigenvalue weighted by Gasteiger charge is 2.30. The van der Waals surface area contributed by atoms with Gasteiger partial charge in [-0.2, -0.15) is 0 Å². The van der Waals surface area contributed by atoms with Crippen molar-refractivity contribution in [2.45, 2.75) is 65.3 Å². The second-order valence-electron chi connectivity index (χ2n) is 7.23. The van der Waals surface area contributed by atoms with Gasteiger partial charge in [0.1, 0.15) is 11.9 Å². The number of pyridine rings is 1. The van der Waals surface area contributed by atoms with Gasteiger partial charge in [0.25, 0.3) is 5.91 Å². The van der Waals surface area contributed by atoms with Crippen molar-refractivity contribution in [3.8, 4) is 0 Å². The fourth-order valence-corrected chi connectivity index (χ4v) is 2.76. The van der Waals surface area contributed by atoms with Gasteiger partial charge in [-0.15, -0.1) is 0 Å². The summed E-state index contributed by atoms with van der Waals surface area (Å²) in [6.45, 7) is 14.6. The van der Waals surface area contributed by atoms with Crippen molar-refractivity contribution in [3.05, 3.63) is 23.9 Å². The molecule has 1 rings (SSSR count). The third-order valence-corrected chi connectivity index (χ3v) is 6.80. The molecule has 0 saturated carbocycles. The van der Waals surface area contributed by atoms with Crippen LogP contribution >= 0.6 is 0 Å². The van der Waals surface area contributed by atoms with Gasteiger partial charge in [-0.1, -0.05) is 26.8 Å². The van der Waals surface area contributed by atoms with Crippen LogP contribution in [0.3, 0.4) is 0 Å². The molecule has 1 N–H and O–H groups in total. The summed E-state index contributed by atoms with van der Waals surface area (Å²) < 4.78 is 11.7. The minimum atomic E-state index is -1.54. The first kappa shape index (κ1) is 19.8. The average molecular weight is 339 g/mol. The zero-order chi connectivity index (χ0) is 17.6. The Hall–Kier alpha value is -1.24. The molecule has 0 aromatic carbocycles. The number of ether oxygens (including phenoxy) is 1. The van der Waals surface area contributed by atoms with Gasteiger partial charge >= 0.3 is 0 Å². The summed E-state index contributed by atoms with van der Waals surface area (Å²) in [6, 6.07) is 3.70. The van der Waals surface area contributed by atoms with Crippen molar-refractivity contribution in [2.75, 3.05) is 11.9 Å². The topological polar surface area (TPSA) is 60.5 Å². The van der Waals surface area contributed by atoms with Crippen molar-refractivity contribution >= 4 is 20.8 Å². The number of anilines is 1. The van der Waals surface area contributed by atoms with Gasteiger partial charge in [-0.25, -0.2) is 4.98 Å². The largest absolute Gasteiger partial charge is 0.406 e. The lowest BCUT2D eigenvalue weighted by Crippen LogP contribution is -2.41. The first-order valence-corrected chi connectivity index (χ1v) is 10.3. The summed E-state index contributed by atoms with van der Waals surface area (Å²) in [7, 11) is -1.54. The van der Waals surface area contributed by atoms with Gasteiger partial charge in [0.2, 0.25) is 0 Å². The van der Waals surface area contributed by atoms with E-state index >= 15 is 0 Å². The van der Waals surface area contributed by atoms with Crippen molar-refractivity contribution < 1.29 is 14.0 Å². The summed E-state index contributed by atoms with van der Waals surface area (Å²) in [5.41, 5.74) is 1.05. The minimum Gasteiger partial charge on any atom is -0.406 e. The maximum atomic E-state index is 12.5. The van der Waals surface area contributed by atoms with Crippen molar-refractivity contribution in [1.82, 2.24) is 4.98 Å². The number of hydrogen-bond acceptors (Lipinski definition) is 4. The molecule has 0 aliphatic rings. The maximum absolute atomic E-state index is 12.5. The lowest BCUT2D eigenvalue weighted by molar-refractivity contribution is -0.126. The Labute approximate surface area is 141 Å². The number of carbonyl (C=O) groups excluding carboxylic acids is 1. The number of aromatic nitrogens is 1. The third-order valence-electron chi connectivity index (χ3n) is 3.62. The molecule has 1 heterocycles. The predicted octanol–water partition coefficient (Wildman–Crippen LogP) is 3.29. The standard InChI is InChI=1S/C17H30N2O3Si/c1-12(2)21-11-14(22-23(7)17(4,5)6)16(20)19-15-9-8-13(3)10-18-15/h8-10,12,14,23H,11H2,1-7H3,(H,18,19,20). The smallest absolute Gasteiger partial charge is 0.255 e. The first-order valence-electron chi connectivity index (χ1n) is 8.10. The van der Waals surface area contributed by atoms with Gasteiger partial charge in [-0.3, -0.25) is 4.79 Å². The number of aryl methyl sites for hydroxylation is 1. The van der Waals surface area contributed by atoms with Gasteiger partial charge < -0.3 is 14.5 Å². The Kier molecular flexibility index (Phi) is 7.37. The average Bonchev–Trinajstić information content (AvgIpc) is 2.44. The number of rotatable bonds is 7. The van der Waals surface area contributed by atoms with Gasteiger partial charge in [0, 0.05) is 6.20 Å². The summed E-state index contributed by atoms with van der Waals surface area (Å²) in [6.07, 6.45) is 1.17. The molecule has 23 heavy (non-hydrogen) atoms. The van der Waals surface area contributed by atoms with Crippen LogP contribution in [0.2, 0.25) is 11.6 Å². The van der Waals surface area contributed by atoms with Crippen LogP contribution < -0.4 is 5.32 Å². The normalized spacial score (nSPS) is 14.6. The molecule has 0 aliphatic heterocycles. The lowest BCUT2D eigenvalue weighted by Gasteiger charge is -2.30. The number of nitrogens with zero attached hydrogens (tertiary/aromatic N) is 1. The van der Waals surface area contributed by atoms with Crippen LogP contribution in [0.4, 0.5) is 5.82 Å². The van der Waals surface area contributed by atoms with Gasteiger partial charge in [-0.05, 0) is 44.0 Å². The van der Waals surface area contributed by atoms with E-state index in [2.05, 4.69) is 37.6 Å². The zero-order valence-corrected chi connectivity index (χ0v) is 16.5. The maximum Gasteiger partial charge on any atom is 0.255 e. The van der Waals surface area contributed by atoms with E-state index in [-0.39, 0.29) is 23.7 Å². The van der Waals surface area contributed by atoms with E-state index < -0.39 is 15.1 Å². The molecule has 0 bridgehead atoms. The second kappa shape index (κ2) is 8.56. The molecular formula is C17H30N2O3Si. The van der Waals surface area contributed by atoms with E-state index in [1.807, 2.05) is 26.8 Å². The van der Waals surface area contributed by atoms with Crippen LogP contribution in [0.15, 0.2) is 18.3 Å². The highest BCUT2D eigenvalue weighted by atomic mass is 28.3. The fourth-order valence-electron chi connectivity index (χ4n) is 1.66. The van der Waals surface area contributed by atoms with Crippen LogP contribution in [0, 0.1) is 6.92 Å². The van der Waals surface area contributed by atoms with Gasteiger partial charge in [0.05, 0.1) is 12.7 Å². The number of hydrogen-bond donors (Lipinski definition) is 1. The molecule has 1 amide bonds. The first-order chi connectivity index (χ1) is 10.6. The zero-order valence-electron chi connectivity index (χ0n) is 15.3. The molecule has 0 spiro atoms. The van der Waals surface area contributed by atoms with Gasteiger partial charge in [0.15, 0.2) is 9.04 Å². The van der Waals surface area contributed by atoms with E-state index in [0.717, 1.165) is 5.56 Å². The van der Waals surface area contributed by atoms with Crippen molar-refractivity contribution in [1.29, 1.82) is 0 Å². The number of carbonyl (C=O) groups is 1. The van der Waals surface area contributed by atoms with E-state index in [9.17, 15) is 4.79 Å². The highest BCUT2D eigenvalue weighted by molar-refractivity contribution is 6.54. The van der Waals surface area contributed by atoms with Crippen molar-refractivity contribution in [3.63, 3.8) is 0 Å². The highest BCUT2D eigenvalue weighted by Crippen LogP contribution is 2.28. The molecule has 2 unspecified atom stereocenters. The van der Waals surface area contributed by atoms with E-state index in [0.29, 0.717) is 5.82 Å². The van der Waals surface area contributed by atoms with Crippen LogP contribution in [-0.2, 0) is 14.0 Å². The van der Waals surface area contributed by atoms with Crippen LogP contribution in [-0.4, -0.2) is 38.7 Å². The monoisotopic (exact) mass is 338 g/mol. The quantitative estimate of drug-likeness (QED) is 0.775. The summed E-state index contributed by atoms with van der Waals surface area (Å²) in [4.78, 5) is 16.7. The molecule has 1 aromatic heterocycles. The SMILES string of the molecule is Cc1ccc(NC(=O)C(COC(C)C)O[SiH](C)C(C)(C)C)nc1. The molecule has 0 fully saturated rings. The summed E-state index contributed by atoms with van der Waals surface area (Å²) >= 11 is 0. The Morgan fingerprint density at radius 2 is 2.00 bits per heavy atom. The second-order valence-corrected chi connectivity index (χ2v) is 10.5. The van der Waals surface area contributed by atoms with E-state index in [1.165, 1.54) is 0 Å². The molecule has 0 radical (unpaired) electrons. The Balaban J connectivity index is 2.76. The molecule has 2 atom stereocenters. The van der Waals surface area contributed by atoms with Crippen molar-refractivity contribution in [2.24, 2.45) is 0 Å². The van der Waals surface area contributed by atoms with E-state index in [4.69, 9.17) is 9.16 Å². The molecule has 5 nitrogen and oxygen atoms in total. The predicted molar refractivity (Wildman–Crippen MR) is 96.3 cm³/mol.